The molecule has 8 nitrogen and oxygen atoms in total. The average Bonchev–Trinajstić information content (AvgIpc) is 3.29. The number of pyridine rings is 1. The summed E-state index contributed by atoms with van der Waals surface area (Å²) in [6, 6.07) is 15.1. The number of piperidine rings is 1. The van der Waals surface area contributed by atoms with Crippen LogP contribution in [0.3, 0.4) is 0 Å². The lowest BCUT2D eigenvalue weighted by Gasteiger charge is -2.62. The highest BCUT2D eigenvalue weighted by molar-refractivity contribution is 5.99. The summed E-state index contributed by atoms with van der Waals surface area (Å²) in [7, 11) is 2.04. The zero-order chi connectivity index (χ0) is 26.9. The Morgan fingerprint density at radius 3 is 2.74 bits per heavy atom. The maximum absolute atomic E-state index is 13.4. The van der Waals surface area contributed by atoms with Crippen molar-refractivity contribution in [3.05, 3.63) is 87.3 Å². The van der Waals surface area contributed by atoms with E-state index in [2.05, 4.69) is 15.2 Å². The van der Waals surface area contributed by atoms with Crippen LogP contribution in [-0.2, 0) is 23.1 Å². The van der Waals surface area contributed by atoms with Crippen LogP contribution in [0, 0.1) is 0 Å². The second kappa shape index (κ2) is 8.63. The quantitative estimate of drug-likeness (QED) is 0.472. The van der Waals surface area contributed by atoms with Gasteiger partial charge in [0, 0.05) is 36.8 Å². The highest BCUT2D eigenvalue weighted by Gasteiger charge is 2.72. The molecule has 4 aliphatic rings. The highest BCUT2D eigenvalue weighted by atomic mass is 16.5. The number of rotatable bonds is 5. The molecule has 39 heavy (non-hydrogen) atoms. The Morgan fingerprint density at radius 2 is 1.95 bits per heavy atom. The molecule has 1 spiro atoms. The number of benzene rings is 2. The van der Waals surface area contributed by atoms with Crippen molar-refractivity contribution in [1.82, 2.24) is 15.2 Å². The summed E-state index contributed by atoms with van der Waals surface area (Å²) in [5.41, 5.74) is 3.27. The first kappa shape index (κ1) is 24.3. The molecular formula is C31H31N3O5. The molecule has 4 atom stereocenters. The molecule has 3 aromatic rings. The van der Waals surface area contributed by atoms with Crippen LogP contribution in [0.15, 0.2) is 59.5 Å². The molecule has 0 radical (unpaired) electrons. The average molecular weight is 526 g/mol. The van der Waals surface area contributed by atoms with Crippen LogP contribution in [0.5, 0.6) is 5.75 Å². The van der Waals surface area contributed by atoms with Gasteiger partial charge in [-0.05, 0) is 73.7 Å². The van der Waals surface area contributed by atoms with Gasteiger partial charge in [0.25, 0.3) is 5.91 Å². The number of hydrogen-bond donors (Lipinski definition) is 3. The Morgan fingerprint density at radius 1 is 1.13 bits per heavy atom. The third-order valence-electron chi connectivity index (χ3n) is 9.55. The molecule has 2 bridgehead atoms. The SMILES string of the molecule is CN1CCC23c4c5ccc(C(=O)NCCc6ccc(-c7cc[nH]c(=O)c7)cc6)c4OC2C(=O)CCC3(O)C1C5. The lowest BCUT2D eigenvalue weighted by atomic mass is 9.49. The normalized spacial score (nSPS) is 28.5. The van der Waals surface area contributed by atoms with Crippen molar-refractivity contribution >= 4 is 11.7 Å². The minimum Gasteiger partial charge on any atom is -0.480 e. The number of nitrogens with zero attached hydrogens (tertiary/aromatic N) is 1. The standard InChI is InChI=1S/C31H31N3O5/c1-34-15-12-30-26-21-6-7-22(27(26)39-28(30)23(35)8-11-31(30,38)24(34)16-21)29(37)33-13-9-18-2-4-19(5-3-18)20-10-14-32-25(36)17-20/h2-7,10,14,17,24,28,38H,8-9,11-13,15-16H2,1H3,(H,32,36)(H,33,37). The van der Waals surface area contributed by atoms with Crippen LogP contribution < -0.4 is 15.6 Å². The number of aromatic nitrogens is 1. The molecule has 4 unspecified atom stereocenters. The molecule has 1 saturated heterocycles. The molecule has 3 heterocycles. The molecule has 1 amide bonds. The van der Waals surface area contributed by atoms with E-state index in [1.165, 1.54) is 0 Å². The fraction of sp³-hybridized carbons (Fsp3) is 0.387. The molecule has 2 aliphatic carbocycles. The van der Waals surface area contributed by atoms with Crippen LogP contribution in [-0.4, -0.2) is 64.6 Å². The van der Waals surface area contributed by atoms with E-state index in [9.17, 15) is 19.5 Å². The number of carbonyl (C=O) groups excluding carboxylic acids is 2. The highest BCUT2D eigenvalue weighted by Crippen LogP contribution is 2.63. The van der Waals surface area contributed by atoms with Gasteiger partial charge in [-0.3, -0.25) is 14.4 Å². The first-order valence-corrected chi connectivity index (χ1v) is 13.7. The second-order valence-electron chi connectivity index (χ2n) is 11.4. The first-order valence-electron chi connectivity index (χ1n) is 13.7. The van der Waals surface area contributed by atoms with Gasteiger partial charge in [-0.25, -0.2) is 0 Å². The summed E-state index contributed by atoms with van der Waals surface area (Å²) in [6.07, 6.45) is 3.55. The second-order valence-corrected chi connectivity index (χ2v) is 11.4. The van der Waals surface area contributed by atoms with Crippen LogP contribution in [0.2, 0.25) is 0 Å². The lowest BCUT2D eigenvalue weighted by molar-refractivity contribution is -0.185. The third-order valence-corrected chi connectivity index (χ3v) is 9.55. The lowest BCUT2D eigenvalue weighted by Crippen LogP contribution is -2.76. The van der Waals surface area contributed by atoms with Gasteiger partial charge in [-0.2, -0.15) is 0 Å². The number of ketones is 1. The fourth-order valence-corrected chi connectivity index (χ4v) is 7.63. The smallest absolute Gasteiger partial charge is 0.255 e. The number of nitrogens with one attached hydrogen (secondary N) is 2. The molecule has 2 aliphatic heterocycles. The molecule has 3 N–H and O–H groups in total. The molecule has 8 heteroatoms. The maximum Gasteiger partial charge on any atom is 0.255 e. The van der Waals surface area contributed by atoms with Crippen molar-refractivity contribution in [1.29, 1.82) is 0 Å². The number of hydrogen-bond acceptors (Lipinski definition) is 6. The van der Waals surface area contributed by atoms with Crippen LogP contribution in [0.1, 0.15) is 46.3 Å². The molecular weight excluding hydrogens is 494 g/mol. The topological polar surface area (TPSA) is 112 Å². The third kappa shape index (κ3) is 3.41. The van der Waals surface area contributed by atoms with E-state index in [4.69, 9.17) is 4.74 Å². The monoisotopic (exact) mass is 525 g/mol. The van der Waals surface area contributed by atoms with Crippen molar-refractivity contribution in [3.63, 3.8) is 0 Å². The Labute approximate surface area is 226 Å². The summed E-state index contributed by atoms with van der Waals surface area (Å²) >= 11 is 0. The summed E-state index contributed by atoms with van der Waals surface area (Å²) < 4.78 is 6.36. The van der Waals surface area contributed by atoms with Gasteiger partial charge in [-0.15, -0.1) is 0 Å². The zero-order valence-corrected chi connectivity index (χ0v) is 21.8. The van der Waals surface area contributed by atoms with Crippen molar-refractivity contribution in [2.45, 2.75) is 55.3 Å². The van der Waals surface area contributed by atoms with E-state index in [0.717, 1.165) is 34.4 Å². The van der Waals surface area contributed by atoms with E-state index < -0.39 is 17.1 Å². The molecule has 2 aromatic carbocycles. The van der Waals surface area contributed by atoms with Crippen molar-refractivity contribution in [2.24, 2.45) is 0 Å². The summed E-state index contributed by atoms with van der Waals surface area (Å²) in [6.45, 7) is 1.21. The predicted molar refractivity (Wildman–Crippen MR) is 145 cm³/mol. The van der Waals surface area contributed by atoms with Crippen molar-refractivity contribution < 1.29 is 19.4 Å². The molecule has 1 aromatic heterocycles. The van der Waals surface area contributed by atoms with E-state index in [1.807, 2.05) is 43.4 Å². The number of amides is 1. The van der Waals surface area contributed by atoms with E-state index in [-0.39, 0.29) is 29.7 Å². The van der Waals surface area contributed by atoms with Crippen molar-refractivity contribution in [2.75, 3.05) is 20.1 Å². The Kier molecular flexibility index (Phi) is 5.38. The molecule has 2 fully saturated rings. The Balaban J connectivity index is 1.12. The van der Waals surface area contributed by atoms with Crippen LogP contribution in [0.25, 0.3) is 11.1 Å². The number of H-pyrrole nitrogens is 1. The first-order chi connectivity index (χ1) is 18.8. The number of ether oxygens (including phenoxy) is 1. The Hall–Kier alpha value is -3.75. The van der Waals surface area contributed by atoms with Gasteiger partial charge < -0.3 is 25.0 Å². The van der Waals surface area contributed by atoms with Gasteiger partial charge in [0.1, 0.15) is 5.75 Å². The summed E-state index contributed by atoms with van der Waals surface area (Å²) in [5, 5.41) is 15.1. The van der Waals surface area contributed by atoms with E-state index >= 15 is 0 Å². The number of carbonyl (C=O) groups is 2. The zero-order valence-electron chi connectivity index (χ0n) is 21.8. The minimum absolute atomic E-state index is 0.0157. The van der Waals surface area contributed by atoms with Gasteiger partial charge >= 0.3 is 0 Å². The molecule has 200 valence electrons. The number of aromatic amines is 1. The number of Topliss-reactive ketones (excluding diaryl/α,β-unsaturated/α-hetero) is 1. The fourth-order valence-electron chi connectivity index (χ4n) is 7.63. The van der Waals surface area contributed by atoms with E-state index in [1.54, 1.807) is 18.3 Å². The van der Waals surface area contributed by atoms with Crippen LogP contribution in [0.4, 0.5) is 0 Å². The van der Waals surface area contributed by atoms with Gasteiger partial charge in [0.15, 0.2) is 11.9 Å². The van der Waals surface area contributed by atoms with Crippen LogP contribution >= 0.6 is 0 Å². The Bertz CT molecular complexity index is 1560. The largest absolute Gasteiger partial charge is 0.480 e. The minimum atomic E-state index is -1.05. The van der Waals surface area contributed by atoms with Crippen molar-refractivity contribution in [3.8, 4) is 16.9 Å². The molecule has 7 rings (SSSR count). The van der Waals surface area contributed by atoms with Gasteiger partial charge in [0.05, 0.1) is 16.6 Å². The maximum atomic E-state index is 13.4. The summed E-state index contributed by atoms with van der Waals surface area (Å²) in [5.74, 6) is 0.254. The van der Waals surface area contributed by atoms with Gasteiger partial charge in [0.2, 0.25) is 5.56 Å². The number of likely N-dealkylation sites (N-methyl/N-ethyl adjacent to an activating group) is 1. The number of aliphatic hydroxyl groups is 1. The predicted octanol–water partition coefficient (Wildman–Crippen LogP) is 2.37. The number of likely N-dealkylation sites (tertiary alicyclic amines) is 1. The van der Waals surface area contributed by atoms with Gasteiger partial charge in [-0.1, -0.05) is 30.3 Å². The summed E-state index contributed by atoms with van der Waals surface area (Å²) in [4.78, 5) is 42.9. The molecule has 1 saturated carbocycles. The van der Waals surface area contributed by atoms with E-state index in [0.29, 0.717) is 43.5 Å².